The molecule has 2 rings (SSSR count). The molecule has 1 aliphatic heterocycles. The van der Waals surface area contributed by atoms with Crippen molar-refractivity contribution < 1.29 is 75.0 Å². The van der Waals surface area contributed by atoms with Crippen molar-refractivity contribution in [1.29, 1.82) is 0 Å². The highest BCUT2D eigenvalue weighted by atomic mass is 19.4. The number of alkyl halides is 16. The normalized spacial score (nSPS) is 17.3. The highest BCUT2D eigenvalue weighted by Gasteiger charge is 2.94. The molecule has 38 heavy (non-hydrogen) atoms. The number of piperazine rings is 1. The zero-order valence-electron chi connectivity index (χ0n) is 18.1. The van der Waals surface area contributed by atoms with Gasteiger partial charge >= 0.3 is 47.9 Å². The first kappa shape index (κ1) is 31.6. The third-order valence-electron chi connectivity index (χ3n) is 5.62. The van der Waals surface area contributed by atoms with E-state index in [4.69, 9.17) is 0 Å². The average Bonchev–Trinajstić information content (AvgIpc) is 2.83. The van der Waals surface area contributed by atoms with Crippen LogP contribution in [0.2, 0.25) is 0 Å². The predicted molar refractivity (Wildman–Crippen MR) is 95.9 cm³/mol. The van der Waals surface area contributed by atoms with E-state index in [0.29, 0.717) is 5.69 Å². The van der Waals surface area contributed by atoms with Crippen LogP contribution in [-0.2, 0) is 4.79 Å². The maximum Gasteiger partial charge on any atom is 0.392 e. The summed E-state index contributed by atoms with van der Waals surface area (Å²) in [6.07, 6.45) is -5.91. The molecule has 0 saturated carbocycles. The van der Waals surface area contributed by atoms with E-state index < -0.39 is 80.0 Å². The fourth-order valence-electron chi connectivity index (χ4n) is 3.27. The van der Waals surface area contributed by atoms with E-state index in [0.717, 1.165) is 0 Å². The van der Waals surface area contributed by atoms with Gasteiger partial charge in [0.15, 0.2) is 0 Å². The predicted octanol–water partition coefficient (Wildman–Crippen LogP) is 6.05. The van der Waals surface area contributed by atoms with Crippen LogP contribution >= 0.6 is 0 Å². The zero-order chi connectivity index (χ0) is 29.8. The van der Waals surface area contributed by atoms with Crippen molar-refractivity contribution in [2.24, 2.45) is 0 Å². The fraction of sp³-hybridized carbons (Fsp3) is 0.632. The lowest BCUT2D eigenvalue weighted by Crippen LogP contribution is -2.75. The number of benzene rings is 1. The van der Waals surface area contributed by atoms with Gasteiger partial charge in [0.25, 0.3) is 5.91 Å². The summed E-state index contributed by atoms with van der Waals surface area (Å²) in [5.41, 5.74) is 0.423. The topological polar surface area (TPSA) is 23.6 Å². The first-order chi connectivity index (χ1) is 16.9. The molecule has 1 aromatic rings. The smallest absolute Gasteiger partial charge is 0.368 e. The molecule has 0 radical (unpaired) electrons. The summed E-state index contributed by atoms with van der Waals surface area (Å²) in [5.74, 6) is -59.3. The van der Waals surface area contributed by atoms with Gasteiger partial charge in [-0.2, -0.15) is 61.5 Å². The van der Waals surface area contributed by atoms with Crippen molar-refractivity contribution in [3.05, 3.63) is 30.3 Å². The van der Waals surface area contributed by atoms with Gasteiger partial charge in [-0.15, -0.1) is 0 Å². The number of nitrogens with zero attached hydrogens (tertiary/aromatic N) is 2. The van der Waals surface area contributed by atoms with Gasteiger partial charge in [0.05, 0.1) is 0 Å². The maximum absolute atomic E-state index is 14.2. The standard InChI is InChI=1S/C19H14F16N2O/c20-11(21)13(22,23)15(26,27)17(30,31)19(34,35)18(32,33)16(28,29)14(24,25)12(38)37-8-6-36(7-9-37)10-4-2-1-3-5-10/h1-5,11H,6-9H2. The first-order valence-corrected chi connectivity index (χ1v) is 9.95. The van der Waals surface area contributed by atoms with E-state index in [1.54, 1.807) is 6.07 Å². The Hall–Kier alpha value is -2.63. The van der Waals surface area contributed by atoms with Crippen molar-refractivity contribution in [3.8, 4) is 0 Å². The Morgan fingerprint density at radius 3 is 1.42 bits per heavy atom. The second-order valence-electron chi connectivity index (χ2n) is 7.98. The number of hydrogen-bond donors (Lipinski definition) is 0. The van der Waals surface area contributed by atoms with E-state index in [-0.39, 0.29) is 4.90 Å². The number of hydrogen-bond acceptors (Lipinski definition) is 2. The lowest BCUT2D eigenvalue weighted by Gasteiger charge is -2.43. The van der Waals surface area contributed by atoms with Crippen molar-refractivity contribution in [2.45, 2.75) is 47.9 Å². The Morgan fingerprint density at radius 2 is 1.00 bits per heavy atom. The molecule has 0 atom stereocenters. The van der Waals surface area contributed by atoms with Crippen molar-refractivity contribution >= 4 is 11.6 Å². The molecule has 19 heteroatoms. The summed E-state index contributed by atoms with van der Waals surface area (Å²) < 4.78 is 215. The second kappa shape index (κ2) is 9.53. The lowest BCUT2D eigenvalue weighted by molar-refractivity contribution is -0.444. The van der Waals surface area contributed by atoms with Crippen LogP contribution in [0.15, 0.2) is 30.3 Å². The number of para-hydroxylation sites is 1. The Morgan fingerprint density at radius 1 is 0.605 bits per heavy atom. The number of amides is 1. The van der Waals surface area contributed by atoms with E-state index in [1.165, 1.54) is 29.2 Å². The molecule has 1 heterocycles. The molecule has 1 aliphatic rings. The minimum absolute atomic E-state index is 0.237. The third-order valence-corrected chi connectivity index (χ3v) is 5.62. The highest BCUT2D eigenvalue weighted by Crippen LogP contribution is 2.62. The molecular formula is C19H14F16N2O. The van der Waals surface area contributed by atoms with Crippen LogP contribution in [0.5, 0.6) is 0 Å². The first-order valence-electron chi connectivity index (χ1n) is 9.95. The van der Waals surface area contributed by atoms with Gasteiger partial charge in [0, 0.05) is 31.9 Å². The summed E-state index contributed by atoms with van der Waals surface area (Å²) in [4.78, 5) is 13.1. The van der Waals surface area contributed by atoms with Crippen LogP contribution in [0.4, 0.5) is 75.9 Å². The van der Waals surface area contributed by atoms with Crippen LogP contribution in [0.25, 0.3) is 0 Å². The molecule has 0 bridgehead atoms. The molecular weight excluding hydrogens is 576 g/mol. The number of rotatable bonds is 9. The van der Waals surface area contributed by atoms with E-state index in [2.05, 4.69) is 0 Å². The minimum atomic E-state index is -8.53. The molecule has 3 nitrogen and oxygen atoms in total. The van der Waals surface area contributed by atoms with Gasteiger partial charge < -0.3 is 9.80 Å². The Balaban J connectivity index is 2.38. The third kappa shape index (κ3) is 4.38. The van der Waals surface area contributed by atoms with Crippen LogP contribution in [0.3, 0.4) is 0 Å². The Labute approximate surface area is 201 Å². The summed E-state index contributed by atoms with van der Waals surface area (Å²) in [5, 5.41) is 0. The summed E-state index contributed by atoms with van der Waals surface area (Å²) in [6.45, 7) is -2.65. The molecule has 0 spiro atoms. The summed E-state index contributed by atoms with van der Waals surface area (Å²) >= 11 is 0. The van der Waals surface area contributed by atoms with Crippen LogP contribution in [0, 0.1) is 0 Å². The molecule has 1 amide bonds. The SMILES string of the molecule is O=C(N1CCN(c2ccccc2)CC1)C(F)(F)C(F)(F)C(F)(F)C(F)(F)C(F)(F)C(F)(F)C(F)(F)C(F)F. The minimum Gasteiger partial charge on any atom is -0.368 e. The number of carbonyl (C=O) groups excluding carboxylic acids is 1. The van der Waals surface area contributed by atoms with Crippen molar-refractivity contribution in [1.82, 2.24) is 4.90 Å². The van der Waals surface area contributed by atoms with Gasteiger partial charge in [-0.3, -0.25) is 4.79 Å². The molecule has 0 aliphatic carbocycles. The van der Waals surface area contributed by atoms with Gasteiger partial charge in [0.1, 0.15) is 0 Å². The maximum atomic E-state index is 14.2. The van der Waals surface area contributed by atoms with Crippen LogP contribution in [-0.4, -0.2) is 84.9 Å². The molecule has 1 aromatic carbocycles. The molecule has 0 unspecified atom stereocenters. The number of carbonyl (C=O) groups is 1. The van der Waals surface area contributed by atoms with Gasteiger partial charge in [-0.25, -0.2) is 8.78 Å². The molecule has 1 saturated heterocycles. The Kier molecular flexibility index (Phi) is 7.92. The van der Waals surface area contributed by atoms with E-state index in [9.17, 15) is 75.0 Å². The largest absolute Gasteiger partial charge is 0.392 e. The molecule has 218 valence electrons. The number of halogens is 16. The zero-order valence-corrected chi connectivity index (χ0v) is 18.1. The van der Waals surface area contributed by atoms with E-state index in [1.807, 2.05) is 0 Å². The second-order valence-corrected chi connectivity index (χ2v) is 7.98. The molecule has 0 aromatic heterocycles. The molecule has 0 N–H and O–H groups in total. The van der Waals surface area contributed by atoms with Gasteiger partial charge in [-0.1, -0.05) is 18.2 Å². The van der Waals surface area contributed by atoms with Crippen molar-refractivity contribution in [2.75, 3.05) is 31.1 Å². The lowest BCUT2D eigenvalue weighted by atomic mass is 9.89. The fourth-order valence-corrected chi connectivity index (χ4v) is 3.27. The van der Waals surface area contributed by atoms with Gasteiger partial charge in [-0.05, 0) is 12.1 Å². The van der Waals surface area contributed by atoms with Crippen LogP contribution in [0.1, 0.15) is 0 Å². The molecule has 1 fully saturated rings. The number of anilines is 1. The summed E-state index contributed by atoms with van der Waals surface area (Å²) in [6, 6.07) is 7.56. The monoisotopic (exact) mass is 590 g/mol. The van der Waals surface area contributed by atoms with Gasteiger partial charge in [0.2, 0.25) is 0 Å². The highest BCUT2D eigenvalue weighted by molar-refractivity contribution is 5.85. The van der Waals surface area contributed by atoms with E-state index >= 15 is 0 Å². The Bertz CT molecular complexity index is 990. The quantitative estimate of drug-likeness (QED) is 0.328. The van der Waals surface area contributed by atoms with Crippen molar-refractivity contribution in [3.63, 3.8) is 0 Å². The average molecular weight is 590 g/mol. The van der Waals surface area contributed by atoms with Crippen LogP contribution < -0.4 is 4.90 Å². The summed E-state index contributed by atoms with van der Waals surface area (Å²) in [7, 11) is 0.